The SMILES string of the molecule is Cc1ccc(CC(Br)c2ccc(Br)s2)cc1. The van der Waals surface area contributed by atoms with Crippen LogP contribution in [0.4, 0.5) is 0 Å². The Labute approximate surface area is 117 Å². The second-order valence-corrected chi connectivity index (χ2v) is 7.40. The highest BCUT2D eigenvalue weighted by molar-refractivity contribution is 9.11. The van der Waals surface area contributed by atoms with E-state index in [1.807, 2.05) is 0 Å². The fourth-order valence-corrected chi connectivity index (χ4v) is 3.74. The van der Waals surface area contributed by atoms with Crippen LogP contribution in [0.5, 0.6) is 0 Å². The van der Waals surface area contributed by atoms with Gasteiger partial charge in [0, 0.05) is 4.88 Å². The van der Waals surface area contributed by atoms with Gasteiger partial charge >= 0.3 is 0 Å². The third-order valence-corrected chi connectivity index (χ3v) is 5.30. The van der Waals surface area contributed by atoms with Crippen LogP contribution in [0, 0.1) is 6.92 Å². The number of benzene rings is 1. The topological polar surface area (TPSA) is 0 Å². The van der Waals surface area contributed by atoms with Crippen LogP contribution in [0.3, 0.4) is 0 Å². The second kappa shape index (κ2) is 5.48. The van der Waals surface area contributed by atoms with Crippen molar-refractivity contribution >= 4 is 43.2 Å². The van der Waals surface area contributed by atoms with Crippen molar-refractivity contribution in [3.63, 3.8) is 0 Å². The van der Waals surface area contributed by atoms with E-state index in [0.717, 1.165) is 6.42 Å². The van der Waals surface area contributed by atoms with Gasteiger partial charge in [0.15, 0.2) is 0 Å². The Balaban J connectivity index is 2.07. The van der Waals surface area contributed by atoms with Crippen LogP contribution in [0.2, 0.25) is 0 Å². The van der Waals surface area contributed by atoms with E-state index in [9.17, 15) is 0 Å². The normalized spacial score (nSPS) is 12.7. The number of aryl methyl sites for hydroxylation is 1. The summed E-state index contributed by atoms with van der Waals surface area (Å²) in [5.41, 5.74) is 2.69. The van der Waals surface area contributed by atoms with Crippen molar-refractivity contribution in [2.24, 2.45) is 0 Å². The summed E-state index contributed by atoms with van der Waals surface area (Å²) in [4.78, 5) is 1.78. The lowest BCUT2D eigenvalue weighted by Gasteiger charge is -2.07. The largest absolute Gasteiger partial charge is 0.132 e. The summed E-state index contributed by atoms with van der Waals surface area (Å²) in [5, 5.41) is 0. The van der Waals surface area contributed by atoms with Gasteiger partial charge < -0.3 is 0 Å². The molecule has 0 saturated carbocycles. The van der Waals surface area contributed by atoms with E-state index in [-0.39, 0.29) is 0 Å². The van der Waals surface area contributed by atoms with Gasteiger partial charge in [-0.1, -0.05) is 45.8 Å². The third-order valence-electron chi connectivity index (χ3n) is 2.44. The van der Waals surface area contributed by atoms with Crippen molar-refractivity contribution in [3.05, 3.63) is 56.2 Å². The van der Waals surface area contributed by atoms with Gasteiger partial charge in [0.25, 0.3) is 0 Å². The van der Waals surface area contributed by atoms with Crippen LogP contribution < -0.4 is 0 Å². The Morgan fingerprint density at radius 1 is 1.12 bits per heavy atom. The highest BCUT2D eigenvalue weighted by Crippen LogP contribution is 2.34. The highest BCUT2D eigenvalue weighted by Gasteiger charge is 2.10. The van der Waals surface area contributed by atoms with E-state index in [2.05, 4.69) is 75.2 Å². The Hall–Kier alpha value is -0.120. The number of thiophene rings is 1. The van der Waals surface area contributed by atoms with E-state index in [1.54, 1.807) is 11.3 Å². The molecule has 3 heteroatoms. The molecule has 0 aliphatic rings. The Kier molecular flexibility index (Phi) is 4.22. The summed E-state index contributed by atoms with van der Waals surface area (Å²) in [7, 11) is 0. The predicted octanol–water partition coefficient (Wildman–Crippen LogP) is 5.50. The van der Waals surface area contributed by atoms with Crippen molar-refractivity contribution < 1.29 is 0 Å². The zero-order chi connectivity index (χ0) is 11.5. The molecule has 1 heterocycles. The highest BCUT2D eigenvalue weighted by atomic mass is 79.9. The number of alkyl halides is 1. The van der Waals surface area contributed by atoms with Crippen molar-refractivity contribution in [1.82, 2.24) is 0 Å². The van der Waals surface area contributed by atoms with Crippen LogP contribution in [0.15, 0.2) is 40.2 Å². The first-order chi connectivity index (χ1) is 7.65. The molecule has 0 aliphatic heterocycles. The molecule has 0 nitrogen and oxygen atoms in total. The summed E-state index contributed by atoms with van der Waals surface area (Å²) < 4.78 is 1.19. The molecule has 0 bridgehead atoms. The molecule has 2 aromatic rings. The van der Waals surface area contributed by atoms with E-state index in [1.165, 1.54) is 19.8 Å². The molecule has 0 spiro atoms. The van der Waals surface area contributed by atoms with Gasteiger partial charge in [-0.25, -0.2) is 0 Å². The molecule has 0 aliphatic carbocycles. The summed E-state index contributed by atoms with van der Waals surface area (Å²) in [6, 6.07) is 13.0. The van der Waals surface area contributed by atoms with Gasteiger partial charge in [0.1, 0.15) is 0 Å². The molecule has 1 atom stereocenters. The summed E-state index contributed by atoms with van der Waals surface area (Å²) in [6.07, 6.45) is 1.03. The van der Waals surface area contributed by atoms with E-state index in [4.69, 9.17) is 0 Å². The molecule has 2 rings (SSSR count). The first-order valence-electron chi connectivity index (χ1n) is 5.10. The molecule has 16 heavy (non-hydrogen) atoms. The van der Waals surface area contributed by atoms with Crippen molar-refractivity contribution in [2.45, 2.75) is 18.2 Å². The number of halogens is 2. The van der Waals surface area contributed by atoms with Gasteiger partial charge in [0.05, 0.1) is 8.61 Å². The van der Waals surface area contributed by atoms with Crippen LogP contribution in [0.25, 0.3) is 0 Å². The van der Waals surface area contributed by atoms with E-state index >= 15 is 0 Å². The lowest BCUT2D eigenvalue weighted by molar-refractivity contribution is 0.968. The molecule has 84 valence electrons. The standard InChI is InChI=1S/C13H12Br2S/c1-9-2-4-10(5-3-9)8-11(14)12-6-7-13(15)16-12/h2-7,11H,8H2,1H3. The minimum absolute atomic E-state index is 0.409. The average Bonchev–Trinajstić information content (AvgIpc) is 2.68. The predicted molar refractivity (Wildman–Crippen MR) is 78.6 cm³/mol. The molecule has 0 saturated heterocycles. The maximum absolute atomic E-state index is 3.74. The van der Waals surface area contributed by atoms with Crippen LogP contribution in [0.1, 0.15) is 20.8 Å². The summed E-state index contributed by atoms with van der Waals surface area (Å²) in [6.45, 7) is 2.12. The van der Waals surface area contributed by atoms with Gasteiger partial charge in [0.2, 0.25) is 0 Å². The third kappa shape index (κ3) is 3.19. The molecule has 1 aromatic carbocycles. The molecule has 0 radical (unpaired) electrons. The van der Waals surface area contributed by atoms with Crippen molar-refractivity contribution in [3.8, 4) is 0 Å². The molecule has 0 amide bonds. The molecule has 1 unspecified atom stereocenters. The minimum atomic E-state index is 0.409. The second-order valence-electron chi connectivity index (χ2n) is 3.80. The number of rotatable bonds is 3. The zero-order valence-corrected chi connectivity index (χ0v) is 12.9. The van der Waals surface area contributed by atoms with Crippen LogP contribution in [-0.4, -0.2) is 0 Å². The lowest BCUT2D eigenvalue weighted by Crippen LogP contribution is -1.92. The number of hydrogen-bond acceptors (Lipinski definition) is 1. The van der Waals surface area contributed by atoms with Gasteiger partial charge in [-0.3, -0.25) is 0 Å². The first-order valence-corrected chi connectivity index (χ1v) is 7.62. The van der Waals surface area contributed by atoms with Gasteiger partial charge in [-0.2, -0.15) is 0 Å². The monoisotopic (exact) mass is 358 g/mol. The molecular weight excluding hydrogens is 348 g/mol. The maximum atomic E-state index is 3.74. The molecular formula is C13H12Br2S. The van der Waals surface area contributed by atoms with Crippen LogP contribution >= 0.6 is 43.2 Å². The van der Waals surface area contributed by atoms with E-state index < -0.39 is 0 Å². The number of hydrogen-bond donors (Lipinski definition) is 0. The fraction of sp³-hybridized carbons (Fsp3) is 0.231. The Morgan fingerprint density at radius 3 is 2.38 bits per heavy atom. The van der Waals surface area contributed by atoms with Crippen molar-refractivity contribution in [2.75, 3.05) is 0 Å². The van der Waals surface area contributed by atoms with Gasteiger partial charge in [-0.05, 0) is 47.0 Å². The van der Waals surface area contributed by atoms with Crippen LogP contribution in [-0.2, 0) is 6.42 Å². The smallest absolute Gasteiger partial charge is 0.0701 e. The fourth-order valence-electron chi connectivity index (χ4n) is 1.53. The first kappa shape index (κ1) is 12.3. The minimum Gasteiger partial charge on any atom is -0.132 e. The zero-order valence-electron chi connectivity index (χ0n) is 8.91. The lowest BCUT2D eigenvalue weighted by atomic mass is 10.1. The Morgan fingerprint density at radius 2 is 1.81 bits per heavy atom. The summed E-state index contributed by atoms with van der Waals surface area (Å²) in [5.74, 6) is 0. The molecule has 0 fully saturated rings. The average molecular weight is 360 g/mol. The Bertz CT molecular complexity index is 459. The van der Waals surface area contributed by atoms with E-state index in [0.29, 0.717) is 4.83 Å². The van der Waals surface area contributed by atoms with Gasteiger partial charge in [-0.15, -0.1) is 11.3 Å². The maximum Gasteiger partial charge on any atom is 0.0701 e. The quantitative estimate of drug-likeness (QED) is 0.635. The van der Waals surface area contributed by atoms with Crippen molar-refractivity contribution in [1.29, 1.82) is 0 Å². The molecule has 1 aromatic heterocycles. The molecule has 0 N–H and O–H groups in total. The summed E-state index contributed by atoms with van der Waals surface area (Å²) >= 11 is 9.03.